The summed E-state index contributed by atoms with van der Waals surface area (Å²) in [7, 11) is 0. The standard InChI is InChI=1S/C26H49NOS2/c1-4-7-13-16-22-24(29-22)21-25-23(30-25)17-14-11-10-12-15-18-26(28)27(19-8-5-2)20-9-6-3/h22-25H,4-21H2,1-3H3. The number of unbranched alkanes of at least 4 members (excludes halogenated alkanes) is 8. The lowest BCUT2D eigenvalue weighted by Gasteiger charge is -2.22. The fraction of sp³-hybridized carbons (Fsp3) is 0.962. The highest BCUT2D eigenvalue weighted by Gasteiger charge is 2.46. The summed E-state index contributed by atoms with van der Waals surface area (Å²) in [4.78, 5) is 14.6. The summed E-state index contributed by atoms with van der Waals surface area (Å²) in [5, 5.41) is 4.00. The molecule has 4 unspecified atom stereocenters. The first kappa shape index (κ1) is 26.4. The molecule has 0 aliphatic carbocycles. The van der Waals surface area contributed by atoms with Crippen LogP contribution in [0, 0.1) is 0 Å². The molecule has 0 spiro atoms. The van der Waals surface area contributed by atoms with E-state index in [1.807, 2.05) is 0 Å². The Bertz CT molecular complexity index is 450. The zero-order chi connectivity index (χ0) is 21.6. The molecule has 4 atom stereocenters. The quantitative estimate of drug-likeness (QED) is 0.137. The van der Waals surface area contributed by atoms with Crippen molar-refractivity contribution in [2.24, 2.45) is 0 Å². The average Bonchev–Trinajstić information content (AvgIpc) is 3.66. The van der Waals surface area contributed by atoms with Crippen molar-refractivity contribution in [3.8, 4) is 0 Å². The van der Waals surface area contributed by atoms with E-state index in [-0.39, 0.29) is 0 Å². The second-order valence-corrected chi connectivity index (χ2v) is 12.5. The third-order valence-corrected chi connectivity index (χ3v) is 9.67. The van der Waals surface area contributed by atoms with E-state index in [0.29, 0.717) is 5.91 Å². The monoisotopic (exact) mass is 455 g/mol. The summed E-state index contributed by atoms with van der Waals surface area (Å²) in [6.07, 6.45) is 20.5. The Kier molecular flexibility index (Phi) is 14.0. The van der Waals surface area contributed by atoms with Crippen molar-refractivity contribution in [2.75, 3.05) is 13.1 Å². The summed E-state index contributed by atoms with van der Waals surface area (Å²) < 4.78 is 0. The van der Waals surface area contributed by atoms with Crippen LogP contribution in [0.1, 0.15) is 124 Å². The largest absolute Gasteiger partial charge is 0.343 e. The first-order chi connectivity index (χ1) is 14.7. The number of hydrogen-bond acceptors (Lipinski definition) is 3. The molecule has 1 amide bonds. The summed E-state index contributed by atoms with van der Waals surface area (Å²) >= 11 is 4.52. The Morgan fingerprint density at radius 1 is 0.633 bits per heavy atom. The van der Waals surface area contributed by atoms with Gasteiger partial charge >= 0.3 is 0 Å². The van der Waals surface area contributed by atoms with Gasteiger partial charge in [0.15, 0.2) is 0 Å². The molecule has 0 radical (unpaired) electrons. The highest BCUT2D eigenvalue weighted by Crippen LogP contribution is 2.55. The number of nitrogens with zero attached hydrogens (tertiary/aromatic N) is 1. The number of thioether (sulfide) groups is 2. The van der Waals surface area contributed by atoms with Gasteiger partial charge in [0.1, 0.15) is 0 Å². The van der Waals surface area contributed by atoms with Gasteiger partial charge in [-0.05, 0) is 38.5 Å². The maximum absolute atomic E-state index is 12.5. The van der Waals surface area contributed by atoms with Crippen LogP contribution < -0.4 is 0 Å². The molecule has 2 aliphatic heterocycles. The number of carbonyl (C=O) groups excluding carboxylic acids is 1. The van der Waals surface area contributed by atoms with Gasteiger partial charge in [-0.15, -0.1) is 0 Å². The van der Waals surface area contributed by atoms with Crippen LogP contribution in [0.25, 0.3) is 0 Å². The lowest BCUT2D eigenvalue weighted by molar-refractivity contribution is -0.131. The van der Waals surface area contributed by atoms with E-state index in [9.17, 15) is 4.79 Å². The molecule has 176 valence electrons. The Morgan fingerprint density at radius 2 is 1.13 bits per heavy atom. The average molecular weight is 456 g/mol. The Morgan fingerprint density at radius 3 is 1.70 bits per heavy atom. The SMILES string of the molecule is CCCCCC1SC1CC1SC1CCCCCCCC(=O)N(CCCC)CCCC. The van der Waals surface area contributed by atoms with Gasteiger partial charge in [0.2, 0.25) is 5.91 Å². The normalized spacial score (nSPS) is 24.8. The van der Waals surface area contributed by atoms with Crippen molar-refractivity contribution >= 4 is 29.4 Å². The lowest BCUT2D eigenvalue weighted by atomic mass is 10.0. The van der Waals surface area contributed by atoms with Gasteiger partial charge in [-0.2, -0.15) is 23.5 Å². The second kappa shape index (κ2) is 15.9. The van der Waals surface area contributed by atoms with Gasteiger partial charge in [-0.3, -0.25) is 4.79 Å². The minimum Gasteiger partial charge on any atom is -0.343 e. The van der Waals surface area contributed by atoms with Gasteiger partial charge in [0.05, 0.1) is 0 Å². The Labute approximate surface area is 196 Å². The molecule has 0 aromatic rings. The first-order valence-corrected chi connectivity index (χ1v) is 15.2. The van der Waals surface area contributed by atoms with Gasteiger partial charge in [0.25, 0.3) is 0 Å². The van der Waals surface area contributed by atoms with Crippen LogP contribution in [-0.4, -0.2) is 44.9 Å². The Balaban J connectivity index is 1.40. The van der Waals surface area contributed by atoms with Crippen LogP contribution in [-0.2, 0) is 4.79 Å². The van der Waals surface area contributed by atoms with Gasteiger partial charge in [0, 0.05) is 40.5 Å². The summed E-state index contributed by atoms with van der Waals surface area (Å²) in [5.74, 6) is 0.403. The lowest BCUT2D eigenvalue weighted by Crippen LogP contribution is -2.32. The predicted molar refractivity (Wildman–Crippen MR) is 138 cm³/mol. The highest BCUT2D eigenvalue weighted by molar-refractivity contribution is 8.08. The molecule has 2 rings (SSSR count). The van der Waals surface area contributed by atoms with Crippen LogP contribution in [0.4, 0.5) is 0 Å². The van der Waals surface area contributed by atoms with Crippen LogP contribution in [0.3, 0.4) is 0 Å². The van der Waals surface area contributed by atoms with Crippen molar-refractivity contribution in [2.45, 2.75) is 145 Å². The van der Waals surface area contributed by atoms with Crippen LogP contribution in [0.2, 0.25) is 0 Å². The fourth-order valence-corrected chi connectivity index (χ4v) is 7.05. The molecule has 0 aromatic carbocycles. The zero-order valence-corrected chi connectivity index (χ0v) is 21.8. The maximum Gasteiger partial charge on any atom is 0.222 e. The molecule has 0 bridgehead atoms. The van der Waals surface area contributed by atoms with E-state index < -0.39 is 0 Å². The molecule has 4 heteroatoms. The molecule has 2 aliphatic rings. The van der Waals surface area contributed by atoms with E-state index >= 15 is 0 Å². The molecule has 2 fully saturated rings. The van der Waals surface area contributed by atoms with E-state index in [0.717, 1.165) is 59.8 Å². The van der Waals surface area contributed by atoms with Crippen molar-refractivity contribution in [3.05, 3.63) is 0 Å². The predicted octanol–water partition coefficient (Wildman–Crippen LogP) is 8.08. The first-order valence-electron chi connectivity index (χ1n) is 13.3. The minimum absolute atomic E-state index is 0.403. The van der Waals surface area contributed by atoms with Crippen molar-refractivity contribution in [1.82, 2.24) is 4.90 Å². The van der Waals surface area contributed by atoms with Crippen molar-refractivity contribution < 1.29 is 4.79 Å². The van der Waals surface area contributed by atoms with Crippen LogP contribution in [0.15, 0.2) is 0 Å². The number of amides is 1. The van der Waals surface area contributed by atoms with Crippen LogP contribution >= 0.6 is 23.5 Å². The summed E-state index contributed by atoms with van der Waals surface area (Å²) in [6, 6.07) is 0. The maximum atomic E-state index is 12.5. The van der Waals surface area contributed by atoms with E-state index in [2.05, 4.69) is 49.2 Å². The van der Waals surface area contributed by atoms with Crippen LogP contribution in [0.5, 0.6) is 0 Å². The molecule has 30 heavy (non-hydrogen) atoms. The number of carbonyl (C=O) groups is 1. The second-order valence-electron chi connectivity index (χ2n) is 9.55. The molecule has 2 nitrogen and oxygen atoms in total. The highest BCUT2D eigenvalue weighted by atomic mass is 32.2. The molecule has 2 saturated heterocycles. The van der Waals surface area contributed by atoms with Gasteiger partial charge in [-0.25, -0.2) is 0 Å². The Hall–Kier alpha value is 0.170. The van der Waals surface area contributed by atoms with Crippen molar-refractivity contribution in [1.29, 1.82) is 0 Å². The smallest absolute Gasteiger partial charge is 0.222 e. The van der Waals surface area contributed by atoms with Gasteiger partial charge in [-0.1, -0.05) is 78.6 Å². The topological polar surface area (TPSA) is 20.3 Å². The third kappa shape index (κ3) is 11.2. The number of hydrogen-bond donors (Lipinski definition) is 0. The zero-order valence-electron chi connectivity index (χ0n) is 20.2. The molecule has 0 aromatic heterocycles. The summed E-state index contributed by atoms with van der Waals surface area (Å²) in [5.41, 5.74) is 0. The molecular weight excluding hydrogens is 406 g/mol. The fourth-order valence-electron chi connectivity index (χ4n) is 4.47. The third-order valence-electron chi connectivity index (χ3n) is 6.73. The number of rotatable bonds is 20. The molecular formula is C26H49NOS2. The van der Waals surface area contributed by atoms with E-state index in [1.54, 1.807) is 0 Å². The van der Waals surface area contributed by atoms with Gasteiger partial charge < -0.3 is 4.90 Å². The molecule has 0 N–H and O–H groups in total. The minimum atomic E-state index is 0.403. The molecule has 0 saturated carbocycles. The summed E-state index contributed by atoms with van der Waals surface area (Å²) in [6.45, 7) is 8.66. The molecule has 2 heterocycles. The van der Waals surface area contributed by atoms with E-state index in [1.165, 1.54) is 77.0 Å². The van der Waals surface area contributed by atoms with Crippen molar-refractivity contribution in [3.63, 3.8) is 0 Å². The van der Waals surface area contributed by atoms with E-state index in [4.69, 9.17) is 0 Å².